The molecule has 0 fully saturated rings. The molecular weight excluding hydrogens is 384 g/mol. The Hall–Kier alpha value is -3.12. The van der Waals surface area contributed by atoms with Gasteiger partial charge in [0.05, 0.1) is 0 Å². The number of rotatable bonds is 5. The van der Waals surface area contributed by atoms with E-state index in [1.165, 1.54) is 44.5 Å². The highest BCUT2D eigenvalue weighted by atomic mass is 14.3. The molecule has 4 aromatic rings. The first-order valence-corrected chi connectivity index (χ1v) is 11.5. The van der Waals surface area contributed by atoms with E-state index in [1.807, 2.05) is 0 Å². The van der Waals surface area contributed by atoms with Gasteiger partial charge in [-0.2, -0.15) is 0 Å². The number of hydrogen-bond acceptors (Lipinski definition) is 0. The lowest BCUT2D eigenvalue weighted by molar-refractivity contribution is 0.626. The van der Waals surface area contributed by atoms with Crippen LogP contribution in [0.1, 0.15) is 61.1 Å². The van der Waals surface area contributed by atoms with Crippen molar-refractivity contribution in [2.75, 3.05) is 0 Å². The van der Waals surface area contributed by atoms with Gasteiger partial charge < -0.3 is 0 Å². The largest absolute Gasteiger partial charge is 0.0590 e. The molecule has 0 saturated heterocycles. The van der Waals surface area contributed by atoms with Crippen LogP contribution >= 0.6 is 0 Å². The Morgan fingerprint density at radius 3 is 0.906 bits per heavy atom. The van der Waals surface area contributed by atoms with E-state index >= 15 is 0 Å². The zero-order valence-electron chi connectivity index (χ0n) is 20.2. The van der Waals surface area contributed by atoms with E-state index in [1.54, 1.807) is 0 Å². The van der Waals surface area contributed by atoms with Gasteiger partial charge in [0.25, 0.3) is 0 Å². The SMILES string of the molecule is Cc1ccc(-c2ccc(C(C)(C)c3ccc(C(C)(C)c4ccc(C)cc4)cc3)cc2)cc1. The third-order valence-corrected chi connectivity index (χ3v) is 7.09. The molecule has 32 heavy (non-hydrogen) atoms. The molecule has 0 N–H and O–H groups in total. The van der Waals surface area contributed by atoms with Crippen LogP contribution < -0.4 is 0 Å². The maximum atomic E-state index is 2.31. The molecule has 0 heteroatoms. The quantitative estimate of drug-likeness (QED) is 0.304. The molecule has 0 nitrogen and oxygen atoms in total. The van der Waals surface area contributed by atoms with E-state index in [4.69, 9.17) is 0 Å². The molecule has 0 aliphatic rings. The zero-order chi connectivity index (χ0) is 22.9. The molecule has 0 aliphatic carbocycles. The average Bonchev–Trinajstić information content (AvgIpc) is 2.80. The molecule has 0 heterocycles. The molecule has 0 radical (unpaired) electrons. The first-order valence-electron chi connectivity index (χ1n) is 11.5. The first-order chi connectivity index (χ1) is 15.2. The summed E-state index contributed by atoms with van der Waals surface area (Å²) in [6, 6.07) is 35.9. The highest BCUT2D eigenvalue weighted by molar-refractivity contribution is 5.64. The molecule has 4 aromatic carbocycles. The summed E-state index contributed by atoms with van der Waals surface area (Å²) in [6.07, 6.45) is 0. The van der Waals surface area contributed by atoms with Crippen LogP contribution in [0.2, 0.25) is 0 Å². The van der Waals surface area contributed by atoms with Gasteiger partial charge >= 0.3 is 0 Å². The van der Waals surface area contributed by atoms with Gasteiger partial charge in [0.1, 0.15) is 0 Å². The predicted octanol–water partition coefficient (Wildman–Crippen LogP) is 8.62. The molecule has 0 unspecified atom stereocenters. The van der Waals surface area contributed by atoms with Gasteiger partial charge in [-0.15, -0.1) is 0 Å². The summed E-state index contributed by atoms with van der Waals surface area (Å²) >= 11 is 0. The van der Waals surface area contributed by atoms with Crippen LogP contribution in [-0.4, -0.2) is 0 Å². The lowest BCUT2D eigenvalue weighted by Gasteiger charge is -2.29. The normalized spacial score (nSPS) is 12.1. The minimum atomic E-state index is -0.0572. The molecule has 0 aliphatic heterocycles. The monoisotopic (exact) mass is 418 g/mol. The van der Waals surface area contributed by atoms with Gasteiger partial charge in [0.2, 0.25) is 0 Å². The Labute approximate surface area is 194 Å². The van der Waals surface area contributed by atoms with Crippen molar-refractivity contribution >= 4 is 0 Å². The van der Waals surface area contributed by atoms with Crippen molar-refractivity contribution in [3.8, 4) is 11.1 Å². The van der Waals surface area contributed by atoms with Gasteiger partial charge in [-0.1, -0.05) is 136 Å². The van der Waals surface area contributed by atoms with Crippen LogP contribution in [0, 0.1) is 13.8 Å². The van der Waals surface area contributed by atoms with Gasteiger partial charge in [0.15, 0.2) is 0 Å². The summed E-state index contributed by atoms with van der Waals surface area (Å²) in [5, 5.41) is 0. The summed E-state index contributed by atoms with van der Waals surface area (Å²) < 4.78 is 0. The number of benzene rings is 4. The molecule has 4 rings (SSSR count). The smallest absolute Gasteiger partial charge is 0.0146 e. The van der Waals surface area contributed by atoms with E-state index in [0.29, 0.717) is 0 Å². The van der Waals surface area contributed by atoms with Crippen molar-refractivity contribution in [1.29, 1.82) is 0 Å². The van der Waals surface area contributed by atoms with Gasteiger partial charge in [-0.25, -0.2) is 0 Å². The average molecular weight is 419 g/mol. The van der Waals surface area contributed by atoms with Crippen molar-refractivity contribution in [1.82, 2.24) is 0 Å². The highest BCUT2D eigenvalue weighted by Crippen LogP contribution is 2.36. The summed E-state index contributed by atoms with van der Waals surface area (Å²) in [6.45, 7) is 13.5. The molecule has 0 atom stereocenters. The van der Waals surface area contributed by atoms with E-state index in [0.717, 1.165) is 0 Å². The molecular formula is C32H34. The van der Waals surface area contributed by atoms with Crippen LogP contribution in [0.4, 0.5) is 0 Å². The highest BCUT2D eigenvalue weighted by Gasteiger charge is 2.26. The fourth-order valence-corrected chi connectivity index (χ4v) is 4.43. The third kappa shape index (κ3) is 4.28. The maximum Gasteiger partial charge on any atom is 0.0146 e. The van der Waals surface area contributed by atoms with Crippen LogP contribution in [-0.2, 0) is 10.8 Å². The van der Waals surface area contributed by atoms with Crippen LogP contribution in [0.25, 0.3) is 11.1 Å². The summed E-state index contributed by atoms with van der Waals surface area (Å²) in [5.41, 5.74) is 10.4. The summed E-state index contributed by atoms with van der Waals surface area (Å²) in [4.78, 5) is 0. The second-order valence-electron chi connectivity index (χ2n) is 10.1. The second-order valence-corrected chi connectivity index (χ2v) is 10.1. The lowest BCUT2D eigenvalue weighted by Crippen LogP contribution is -2.21. The third-order valence-electron chi connectivity index (χ3n) is 7.09. The number of hydrogen-bond donors (Lipinski definition) is 0. The molecule has 0 spiro atoms. The fraction of sp³-hybridized carbons (Fsp3) is 0.250. The molecule has 0 aromatic heterocycles. The number of aryl methyl sites for hydroxylation is 2. The van der Waals surface area contributed by atoms with Crippen LogP contribution in [0.5, 0.6) is 0 Å². The van der Waals surface area contributed by atoms with Crippen molar-refractivity contribution in [2.24, 2.45) is 0 Å². The lowest BCUT2D eigenvalue weighted by atomic mass is 9.74. The minimum Gasteiger partial charge on any atom is -0.0590 e. The first kappa shape index (κ1) is 22.1. The van der Waals surface area contributed by atoms with Crippen molar-refractivity contribution in [3.63, 3.8) is 0 Å². The Balaban J connectivity index is 1.59. The van der Waals surface area contributed by atoms with Gasteiger partial charge in [-0.3, -0.25) is 0 Å². The Morgan fingerprint density at radius 1 is 0.344 bits per heavy atom. The van der Waals surface area contributed by atoms with Crippen LogP contribution in [0.3, 0.4) is 0 Å². The minimum absolute atomic E-state index is 0.0218. The maximum absolute atomic E-state index is 2.31. The van der Waals surface area contributed by atoms with Gasteiger partial charge in [0, 0.05) is 10.8 Å². The standard InChI is InChI=1S/C32H34/c1-23-7-11-25(12-8-23)26-13-17-28(18-14-26)32(5,6)30-21-19-29(20-22-30)31(3,4)27-15-9-24(2)10-16-27/h7-22H,1-6H3. The predicted molar refractivity (Wildman–Crippen MR) is 138 cm³/mol. The zero-order valence-corrected chi connectivity index (χ0v) is 20.2. The van der Waals surface area contributed by atoms with Crippen molar-refractivity contribution in [2.45, 2.75) is 52.4 Å². The van der Waals surface area contributed by atoms with Crippen LogP contribution in [0.15, 0.2) is 97.1 Å². The van der Waals surface area contributed by atoms with E-state index in [9.17, 15) is 0 Å². The van der Waals surface area contributed by atoms with Crippen molar-refractivity contribution < 1.29 is 0 Å². The van der Waals surface area contributed by atoms with E-state index in [-0.39, 0.29) is 10.8 Å². The fourth-order valence-electron chi connectivity index (χ4n) is 4.43. The Morgan fingerprint density at radius 2 is 0.562 bits per heavy atom. The Kier molecular flexibility index (Phi) is 5.82. The Bertz CT molecular complexity index is 1170. The van der Waals surface area contributed by atoms with E-state index < -0.39 is 0 Å². The summed E-state index contributed by atoms with van der Waals surface area (Å²) in [7, 11) is 0. The van der Waals surface area contributed by atoms with Gasteiger partial charge in [-0.05, 0) is 47.2 Å². The molecule has 0 amide bonds. The van der Waals surface area contributed by atoms with E-state index in [2.05, 4.69) is 139 Å². The molecule has 0 bridgehead atoms. The topological polar surface area (TPSA) is 0 Å². The summed E-state index contributed by atoms with van der Waals surface area (Å²) in [5.74, 6) is 0. The second kappa shape index (κ2) is 8.43. The molecule has 0 saturated carbocycles. The van der Waals surface area contributed by atoms with Crippen molar-refractivity contribution in [3.05, 3.63) is 130 Å². The molecule has 162 valence electrons.